The SMILES string of the molecule is CCOCOc1ccc(C(C)(O)CCC(F)(F)F)cc1. The zero-order valence-electron chi connectivity index (χ0n) is 11.5. The van der Waals surface area contributed by atoms with E-state index in [-0.39, 0.29) is 13.2 Å². The maximum Gasteiger partial charge on any atom is 0.389 e. The number of hydrogen-bond acceptors (Lipinski definition) is 3. The Bertz CT molecular complexity index is 399. The lowest BCUT2D eigenvalue weighted by molar-refractivity contribution is -0.146. The first-order valence-electron chi connectivity index (χ1n) is 6.35. The number of rotatable bonds is 7. The smallest absolute Gasteiger partial charge is 0.389 e. The van der Waals surface area contributed by atoms with Crippen LogP contribution in [0.2, 0.25) is 0 Å². The summed E-state index contributed by atoms with van der Waals surface area (Å²) >= 11 is 0. The van der Waals surface area contributed by atoms with Crippen molar-refractivity contribution in [2.45, 2.75) is 38.5 Å². The van der Waals surface area contributed by atoms with Crippen LogP contribution in [-0.4, -0.2) is 24.7 Å². The van der Waals surface area contributed by atoms with Crippen LogP contribution in [-0.2, 0) is 10.3 Å². The molecule has 0 bridgehead atoms. The minimum absolute atomic E-state index is 0.111. The Hall–Kier alpha value is -1.27. The quantitative estimate of drug-likeness (QED) is 0.616. The Morgan fingerprint density at radius 1 is 1.10 bits per heavy atom. The molecule has 1 atom stereocenters. The Morgan fingerprint density at radius 3 is 2.20 bits per heavy atom. The molecule has 1 N–H and O–H groups in total. The van der Waals surface area contributed by atoms with Gasteiger partial charge >= 0.3 is 6.18 Å². The second kappa shape index (κ2) is 6.95. The highest BCUT2D eigenvalue weighted by Gasteiger charge is 2.33. The van der Waals surface area contributed by atoms with E-state index in [1.807, 2.05) is 6.92 Å². The van der Waals surface area contributed by atoms with Crippen molar-refractivity contribution in [3.8, 4) is 5.75 Å². The Morgan fingerprint density at radius 2 is 1.70 bits per heavy atom. The van der Waals surface area contributed by atoms with Gasteiger partial charge in [-0.3, -0.25) is 0 Å². The summed E-state index contributed by atoms with van der Waals surface area (Å²) in [4.78, 5) is 0. The zero-order valence-corrected chi connectivity index (χ0v) is 11.5. The number of alkyl halides is 3. The van der Waals surface area contributed by atoms with Gasteiger partial charge in [0.1, 0.15) is 5.75 Å². The average Bonchev–Trinajstić information content (AvgIpc) is 2.37. The third-order valence-electron chi connectivity index (χ3n) is 2.88. The van der Waals surface area contributed by atoms with E-state index >= 15 is 0 Å². The molecule has 1 aromatic carbocycles. The third kappa shape index (κ3) is 5.79. The van der Waals surface area contributed by atoms with Gasteiger partial charge in [0, 0.05) is 13.0 Å². The number of aliphatic hydroxyl groups is 1. The van der Waals surface area contributed by atoms with Gasteiger partial charge in [-0.15, -0.1) is 0 Å². The number of ether oxygens (including phenoxy) is 2. The van der Waals surface area contributed by atoms with Gasteiger partial charge in [0.25, 0.3) is 0 Å². The molecule has 0 aliphatic carbocycles. The molecule has 1 rings (SSSR count). The van der Waals surface area contributed by atoms with Gasteiger partial charge in [-0.25, -0.2) is 0 Å². The molecule has 20 heavy (non-hydrogen) atoms. The molecular formula is C14H19F3O3. The van der Waals surface area contributed by atoms with Gasteiger partial charge in [-0.2, -0.15) is 13.2 Å². The lowest BCUT2D eigenvalue weighted by Gasteiger charge is -2.24. The molecule has 1 aromatic rings. The van der Waals surface area contributed by atoms with E-state index in [9.17, 15) is 18.3 Å². The van der Waals surface area contributed by atoms with Crippen LogP contribution in [0.25, 0.3) is 0 Å². The molecule has 3 nitrogen and oxygen atoms in total. The highest BCUT2D eigenvalue weighted by atomic mass is 19.4. The van der Waals surface area contributed by atoms with Gasteiger partial charge < -0.3 is 14.6 Å². The summed E-state index contributed by atoms with van der Waals surface area (Å²) in [6.07, 6.45) is -5.68. The molecular weight excluding hydrogens is 273 g/mol. The van der Waals surface area contributed by atoms with E-state index < -0.39 is 18.2 Å². The fourth-order valence-corrected chi connectivity index (χ4v) is 1.63. The molecule has 0 saturated carbocycles. The van der Waals surface area contributed by atoms with Crippen molar-refractivity contribution in [2.75, 3.05) is 13.4 Å². The van der Waals surface area contributed by atoms with Crippen LogP contribution >= 0.6 is 0 Å². The highest BCUT2D eigenvalue weighted by Crippen LogP contribution is 2.32. The highest BCUT2D eigenvalue weighted by molar-refractivity contribution is 5.30. The predicted octanol–water partition coefficient (Wildman–Crippen LogP) is 3.61. The molecule has 6 heteroatoms. The van der Waals surface area contributed by atoms with Crippen molar-refractivity contribution in [2.24, 2.45) is 0 Å². The number of hydrogen-bond donors (Lipinski definition) is 1. The van der Waals surface area contributed by atoms with Gasteiger partial charge in [-0.1, -0.05) is 12.1 Å². The van der Waals surface area contributed by atoms with Gasteiger partial charge in [-0.05, 0) is 38.0 Å². The van der Waals surface area contributed by atoms with E-state index in [4.69, 9.17) is 9.47 Å². The Kier molecular flexibility index (Phi) is 5.83. The summed E-state index contributed by atoms with van der Waals surface area (Å²) in [5, 5.41) is 10.1. The first-order chi connectivity index (χ1) is 9.24. The fourth-order valence-electron chi connectivity index (χ4n) is 1.63. The molecule has 0 amide bonds. The number of benzene rings is 1. The van der Waals surface area contributed by atoms with Crippen molar-refractivity contribution in [1.82, 2.24) is 0 Å². The summed E-state index contributed by atoms with van der Waals surface area (Å²) in [7, 11) is 0. The topological polar surface area (TPSA) is 38.7 Å². The van der Waals surface area contributed by atoms with E-state index in [0.29, 0.717) is 17.9 Å². The molecule has 0 radical (unpaired) electrons. The summed E-state index contributed by atoms with van der Waals surface area (Å²) in [5.41, 5.74) is -1.10. The molecule has 0 aromatic heterocycles. The molecule has 0 aliphatic rings. The largest absolute Gasteiger partial charge is 0.468 e. The molecule has 0 heterocycles. The van der Waals surface area contributed by atoms with Crippen LogP contribution in [0.4, 0.5) is 13.2 Å². The number of halogens is 3. The summed E-state index contributed by atoms with van der Waals surface area (Å²) in [6, 6.07) is 6.29. The molecule has 1 unspecified atom stereocenters. The molecule has 0 fully saturated rings. The van der Waals surface area contributed by atoms with Crippen molar-refractivity contribution >= 4 is 0 Å². The molecule has 0 saturated heterocycles. The first-order valence-corrected chi connectivity index (χ1v) is 6.35. The van der Waals surface area contributed by atoms with Crippen LogP contribution in [0.1, 0.15) is 32.3 Å². The van der Waals surface area contributed by atoms with Crippen molar-refractivity contribution < 1.29 is 27.8 Å². The van der Waals surface area contributed by atoms with Crippen LogP contribution in [0, 0.1) is 0 Å². The van der Waals surface area contributed by atoms with Gasteiger partial charge in [0.2, 0.25) is 0 Å². The maximum atomic E-state index is 12.2. The zero-order chi connectivity index (χ0) is 15.2. The van der Waals surface area contributed by atoms with E-state index in [1.54, 1.807) is 24.3 Å². The fraction of sp³-hybridized carbons (Fsp3) is 0.571. The molecule has 114 valence electrons. The van der Waals surface area contributed by atoms with Gasteiger partial charge in [0.05, 0.1) is 5.60 Å². The normalized spacial score (nSPS) is 14.9. The summed E-state index contributed by atoms with van der Waals surface area (Å²) in [6.45, 7) is 3.85. The van der Waals surface area contributed by atoms with Crippen molar-refractivity contribution in [1.29, 1.82) is 0 Å². The minimum Gasteiger partial charge on any atom is -0.468 e. The predicted molar refractivity (Wildman–Crippen MR) is 68.4 cm³/mol. The third-order valence-corrected chi connectivity index (χ3v) is 2.88. The lowest BCUT2D eigenvalue weighted by atomic mass is 9.91. The van der Waals surface area contributed by atoms with Crippen molar-refractivity contribution in [3.05, 3.63) is 29.8 Å². The second-order valence-corrected chi connectivity index (χ2v) is 4.67. The second-order valence-electron chi connectivity index (χ2n) is 4.67. The van der Waals surface area contributed by atoms with E-state index in [2.05, 4.69) is 0 Å². The Labute approximate surface area is 116 Å². The molecule has 0 aliphatic heterocycles. The minimum atomic E-state index is -4.27. The van der Waals surface area contributed by atoms with Crippen LogP contribution in [0.15, 0.2) is 24.3 Å². The average molecular weight is 292 g/mol. The summed E-state index contributed by atoms with van der Waals surface area (Å²) < 4.78 is 46.8. The van der Waals surface area contributed by atoms with Crippen LogP contribution < -0.4 is 4.74 Å². The van der Waals surface area contributed by atoms with E-state index in [0.717, 1.165) is 0 Å². The standard InChI is InChI=1S/C14H19F3O3/c1-3-19-10-20-12-6-4-11(5-7-12)13(2,18)8-9-14(15,16)17/h4-7,18H,3,8-10H2,1-2H3. The van der Waals surface area contributed by atoms with Crippen LogP contribution in [0.3, 0.4) is 0 Å². The lowest BCUT2D eigenvalue weighted by Crippen LogP contribution is -2.24. The molecule has 0 spiro atoms. The van der Waals surface area contributed by atoms with Gasteiger partial charge in [0.15, 0.2) is 6.79 Å². The Balaban J connectivity index is 2.61. The van der Waals surface area contributed by atoms with E-state index in [1.165, 1.54) is 6.92 Å². The monoisotopic (exact) mass is 292 g/mol. The maximum absolute atomic E-state index is 12.2. The van der Waals surface area contributed by atoms with Crippen LogP contribution in [0.5, 0.6) is 5.75 Å². The summed E-state index contributed by atoms with van der Waals surface area (Å²) in [5.74, 6) is 0.536. The van der Waals surface area contributed by atoms with Crippen molar-refractivity contribution in [3.63, 3.8) is 0 Å². The first kappa shape index (κ1) is 16.8.